The van der Waals surface area contributed by atoms with Crippen LogP contribution in [0.4, 0.5) is 18.9 Å². The van der Waals surface area contributed by atoms with Crippen molar-refractivity contribution in [2.24, 2.45) is 7.05 Å². The zero-order valence-electron chi connectivity index (χ0n) is 13.5. The van der Waals surface area contributed by atoms with E-state index < -0.39 is 21.8 Å². The summed E-state index contributed by atoms with van der Waals surface area (Å²) in [5.41, 5.74) is -0.741. The van der Waals surface area contributed by atoms with Gasteiger partial charge < -0.3 is 0 Å². The molecule has 5 nitrogen and oxygen atoms in total. The highest BCUT2D eigenvalue weighted by molar-refractivity contribution is 7.92. The molecule has 136 valence electrons. The van der Waals surface area contributed by atoms with Crippen LogP contribution < -0.4 is 4.72 Å². The second kappa shape index (κ2) is 6.49. The highest BCUT2D eigenvalue weighted by atomic mass is 32.2. The third-order valence-corrected chi connectivity index (χ3v) is 5.17. The summed E-state index contributed by atoms with van der Waals surface area (Å²) < 4.78 is 68.5. The van der Waals surface area contributed by atoms with Gasteiger partial charge in [0.2, 0.25) is 0 Å². The summed E-state index contributed by atoms with van der Waals surface area (Å²) in [7, 11) is -2.63. The molecule has 9 heteroatoms. The van der Waals surface area contributed by atoms with Crippen LogP contribution in [0.3, 0.4) is 0 Å². The lowest BCUT2D eigenvalue weighted by Gasteiger charge is -2.16. The Kier molecular flexibility index (Phi) is 4.49. The van der Waals surface area contributed by atoms with Gasteiger partial charge in [0.1, 0.15) is 0 Å². The molecule has 0 bridgehead atoms. The maximum atomic E-state index is 13.5. The SMILES string of the molecule is Cn1nccc1S(=O)(=O)Nc1ccc(-c2ccccc2)c(C(F)(F)F)c1. The summed E-state index contributed by atoms with van der Waals surface area (Å²) in [6, 6.07) is 12.7. The molecule has 26 heavy (non-hydrogen) atoms. The summed E-state index contributed by atoms with van der Waals surface area (Å²) >= 11 is 0. The number of nitrogens with zero attached hydrogens (tertiary/aromatic N) is 2. The Labute approximate surface area is 148 Å². The lowest BCUT2D eigenvalue weighted by atomic mass is 9.99. The van der Waals surface area contributed by atoms with Crippen LogP contribution in [-0.4, -0.2) is 18.2 Å². The molecule has 3 aromatic rings. The van der Waals surface area contributed by atoms with Crippen LogP contribution in [0.25, 0.3) is 11.1 Å². The molecule has 0 unspecified atom stereocenters. The smallest absolute Gasteiger partial charge is 0.278 e. The standard InChI is InChI=1S/C17H14F3N3O2S/c1-23-16(9-10-21-23)26(24,25)22-13-7-8-14(12-5-3-2-4-6-12)15(11-13)17(18,19)20/h2-11,22H,1H3. The number of aryl methyl sites for hydroxylation is 1. The third kappa shape index (κ3) is 3.57. The predicted molar refractivity (Wildman–Crippen MR) is 90.9 cm³/mol. The van der Waals surface area contributed by atoms with Gasteiger partial charge in [-0.1, -0.05) is 36.4 Å². The molecular formula is C17H14F3N3O2S. The number of hydrogen-bond acceptors (Lipinski definition) is 3. The van der Waals surface area contributed by atoms with Crippen molar-refractivity contribution in [2.75, 3.05) is 4.72 Å². The van der Waals surface area contributed by atoms with Crippen LogP contribution in [0.1, 0.15) is 5.56 Å². The largest absolute Gasteiger partial charge is 0.417 e. The summed E-state index contributed by atoms with van der Waals surface area (Å²) in [4.78, 5) is 0. The van der Waals surface area contributed by atoms with Crippen LogP contribution in [0.5, 0.6) is 0 Å². The quantitative estimate of drug-likeness (QED) is 0.745. The Morgan fingerprint density at radius 1 is 1.04 bits per heavy atom. The molecule has 0 aliphatic carbocycles. The second-order valence-corrected chi connectivity index (χ2v) is 7.15. The van der Waals surface area contributed by atoms with Crippen molar-refractivity contribution < 1.29 is 21.6 Å². The minimum absolute atomic E-state index is 0.0263. The minimum atomic E-state index is -4.64. The maximum Gasteiger partial charge on any atom is 0.417 e. The Morgan fingerprint density at radius 3 is 2.31 bits per heavy atom. The highest BCUT2D eigenvalue weighted by Gasteiger charge is 2.34. The second-order valence-electron chi connectivity index (χ2n) is 5.52. The Bertz CT molecular complexity index is 1030. The van der Waals surface area contributed by atoms with Gasteiger partial charge in [-0.2, -0.15) is 26.7 Å². The van der Waals surface area contributed by atoms with E-state index in [1.165, 1.54) is 31.4 Å². The molecule has 0 atom stereocenters. The normalized spacial score (nSPS) is 12.2. The van der Waals surface area contributed by atoms with Gasteiger partial charge in [0.25, 0.3) is 10.0 Å². The average Bonchev–Trinajstić information content (AvgIpc) is 3.01. The summed E-state index contributed by atoms with van der Waals surface area (Å²) in [5, 5.41) is 3.60. The van der Waals surface area contributed by atoms with E-state index >= 15 is 0 Å². The Morgan fingerprint density at radius 2 is 1.73 bits per heavy atom. The molecule has 0 fully saturated rings. The average molecular weight is 381 g/mol. The number of sulfonamides is 1. The maximum absolute atomic E-state index is 13.5. The highest BCUT2D eigenvalue weighted by Crippen LogP contribution is 2.38. The summed E-state index contributed by atoms with van der Waals surface area (Å²) in [6.45, 7) is 0. The molecule has 1 aromatic heterocycles. The number of alkyl halides is 3. The van der Waals surface area contributed by atoms with Crippen molar-refractivity contribution in [3.63, 3.8) is 0 Å². The molecule has 0 amide bonds. The lowest BCUT2D eigenvalue weighted by Crippen LogP contribution is -2.17. The fraction of sp³-hybridized carbons (Fsp3) is 0.118. The van der Waals surface area contributed by atoms with Gasteiger partial charge in [-0.25, -0.2) is 0 Å². The van der Waals surface area contributed by atoms with E-state index in [2.05, 4.69) is 9.82 Å². The van der Waals surface area contributed by atoms with E-state index in [0.29, 0.717) is 5.56 Å². The Hall–Kier alpha value is -2.81. The molecule has 0 aliphatic heterocycles. The number of halogens is 3. The molecule has 0 saturated heterocycles. The first kappa shape index (κ1) is 18.0. The topological polar surface area (TPSA) is 64.0 Å². The number of benzene rings is 2. The van der Waals surface area contributed by atoms with Gasteiger partial charge in [0, 0.05) is 12.7 Å². The van der Waals surface area contributed by atoms with E-state index in [9.17, 15) is 21.6 Å². The first-order chi connectivity index (χ1) is 12.2. The zero-order valence-corrected chi connectivity index (χ0v) is 14.3. The summed E-state index contributed by atoms with van der Waals surface area (Å²) in [5.74, 6) is 0. The molecule has 2 aromatic carbocycles. The molecular weight excluding hydrogens is 367 g/mol. The van der Waals surface area contributed by atoms with E-state index in [1.54, 1.807) is 30.3 Å². The van der Waals surface area contributed by atoms with Crippen molar-refractivity contribution in [1.29, 1.82) is 0 Å². The van der Waals surface area contributed by atoms with Crippen molar-refractivity contribution in [1.82, 2.24) is 9.78 Å². The van der Waals surface area contributed by atoms with Crippen molar-refractivity contribution >= 4 is 15.7 Å². The monoisotopic (exact) mass is 381 g/mol. The molecule has 0 radical (unpaired) electrons. The van der Waals surface area contributed by atoms with Gasteiger partial charge in [-0.15, -0.1) is 0 Å². The van der Waals surface area contributed by atoms with Crippen molar-refractivity contribution in [2.45, 2.75) is 11.2 Å². The molecule has 1 N–H and O–H groups in total. The number of rotatable bonds is 4. The predicted octanol–water partition coefficient (Wildman–Crippen LogP) is 3.91. The first-order valence-electron chi connectivity index (χ1n) is 7.46. The Balaban J connectivity index is 2.04. The van der Waals surface area contributed by atoms with Crippen LogP contribution in [0.15, 0.2) is 65.8 Å². The molecule has 0 spiro atoms. The van der Waals surface area contributed by atoms with E-state index in [-0.39, 0.29) is 16.3 Å². The fourth-order valence-corrected chi connectivity index (χ4v) is 3.72. The van der Waals surface area contributed by atoms with Crippen LogP contribution in [0, 0.1) is 0 Å². The number of anilines is 1. The minimum Gasteiger partial charge on any atom is -0.278 e. The number of hydrogen-bond donors (Lipinski definition) is 1. The molecule has 0 saturated carbocycles. The van der Waals surface area contributed by atoms with Gasteiger partial charge in [0.15, 0.2) is 5.03 Å². The number of nitrogens with one attached hydrogen (secondary N) is 1. The van der Waals surface area contributed by atoms with E-state index in [1.807, 2.05) is 0 Å². The van der Waals surface area contributed by atoms with E-state index in [4.69, 9.17) is 0 Å². The van der Waals surface area contributed by atoms with Gasteiger partial charge in [-0.05, 0) is 29.3 Å². The van der Waals surface area contributed by atoms with Gasteiger partial charge in [-0.3, -0.25) is 9.40 Å². The van der Waals surface area contributed by atoms with Crippen molar-refractivity contribution in [3.05, 3.63) is 66.4 Å². The molecule has 3 rings (SSSR count). The number of aromatic nitrogens is 2. The van der Waals surface area contributed by atoms with Crippen LogP contribution >= 0.6 is 0 Å². The first-order valence-corrected chi connectivity index (χ1v) is 8.94. The lowest BCUT2D eigenvalue weighted by molar-refractivity contribution is -0.137. The third-order valence-electron chi connectivity index (χ3n) is 3.71. The van der Waals surface area contributed by atoms with Crippen LogP contribution in [-0.2, 0) is 23.2 Å². The van der Waals surface area contributed by atoms with Crippen LogP contribution in [0.2, 0.25) is 0 Å². The van der Waals surface area contributed by atoms with Gasteiger partial charge >= 0.3 is 6.18 Å². The zero-order chi connectivity index (χ0) is 18.9. The summed E-state index contributed by atoms with van der Waals surface area (Å²) in [6.07, 6.45) is -3.35. The fourth-order valence-electron chi connectivity index (χ4n) is 2.54. The van der Waals surface area contributed by atoms with Gasteiger partial charge in [0.05, 0.1) is 11.8 Å². The molecule has 0 aliphatic rings. The molecule has 1 heterocycles. The van der Waals surface area contributed by atoms with E-state index in [0.717, 1.165) is 10.7 Å². The van der Waals surface area contributed by atoms with Crippen molar-refractivity contribution in [3.8, 4) is 11.1 Å².